The molecule has 0 radical (unpaired) electrons. The molecule has 25 heavy (non-hydrogen) atoms. The summed E-state index contributed by atoms with van der Waals surface area (Å²) in [5, 5.41) is 18.6. The molecule has 1 unspecified atom stereocenters. The molecule has 0 fully saturated rings. The van der Waals surface area contributed by atoms with E-state index in [1.54, 1.807) is 13.0 Å². The van der Waals surface area contributed by atoms with Crippen LogP contribution in [0.2, 0.25) is 10.0 Å². The summed E-state index contributed by atoms with van der Waals surface area (Å²) in [6.45, 7) is 1.77. The lowest BCUT2D eigenvalue weighted by molar-refractivity contribution is 0.188. The number of H-pyrrole nitrogens is 1. The van der Waals surface area contributed by atoms with Gasteiger partial charge < -0.3 is 10.4 Å². The molecule has 8 nitrogen and oxygen atoms in total. The zero-order valence-electron chi connectivity index (χ0n) is 13.0. The van der Waals surface area contributed by atoms with Crippen molar-refractivity contribution in [1.29, 1.82) is 0 Å². The zero-order chi connectivity index (χ0) is 18.1. The first-order valence-corrected chi connectivity index (χ1v) is 8.09. The third-order valence-corrected chi connectivity index (χ3v) is 4.31. The predicted octanol–water partition coefficient (Wildman–Crippen LogP) is 3.13. The fraction of sp³-hybridized carbons (Fsp3) is 0.200. The van der Waals surface area contributed by atoms with Gasteiger partial charge in [0.25, 0.3) is 5.56 Å². The van der Waals surface area contributed by atoms with Gasteiger partial charge in [-0.05, 0) is 18.6 Å². The van der Waals surface area contributed by atoms with E-state index in [0.29, 0.717) is 12.2 Å². The van der Waals surface area contributed by atoms with E-state index in [-0.39, 0.29) is 26.8 Å². The molecule has 3 N–H and O–H groups in total. The lowest BCUT2D eigenvalue weighted by Crippen LogP contribution is -2.33. The van der Waals surface area contributed by atoms with Gasteiger partial charge in [-0.25, -0.2) is 14.3 Å². The van der Waals surface area contributed by atoms with Crippen molar-refractivity contribution in [2.75, 3.05) is 0 Å². The fourth-order valence-electron chi connectivity index (χ4n) is 2.57. The normalized spacial score (nSPS) is 12.3. The van der Waals surface area contributed by atoms with Gasteiger partial charge in [0.05, 0.1) is 33.2 Å². The summed E-state index contributed by atoms with van der Waals surface area (Å²) >= 11 is 12.3. The topological polar surface area (TPSA) is 113 Å². The maximum Gasteiger partial charge on any atom is 0.405 e. The van der Waals surface area contributed by atoms with E-state index in [0.717, 1.165) is 0 Å². The van der Waals surface area contributed by atoms with Crippen LogP contribution in [-0.2, 0) is 0 Å². The summed E-state index contributed by atoms with van der Waals surface area (Å²) < 4.78 is 1.25. The summed E-state index contributed by atoms with van der Waals surface area (Å²) in [6.07, 6.45) is 0.617. The van der Waals surface area contributed by atoms with Crippen LogP contribution in [-0.4, -0.2) is 30.9 Å². The number of aromatic amines is 1. The smallest absolute Gasteiger partial charge is 0.405 e. The van der Waals surface area contributed by atoms with E-state index in [1.165, 1.54) is 22.9 Å². The molecule has 130 valence electrons. The monoisotopic (exact) mass is 381 g/mol. The Morgan fingerprint density at radius 1 is 1.36 bits per heavy atom. The summed E-state index contributed by atoms with van der Waals surface area (Å²) in [7, 11) is 0. The number of carboxylic acid groups (broad SMARTS) is 1. The number of aromatic nitrogens is 4. The minimum atomic E-state index is -1.23. The summed E-state index contributed by atoms with van der Waals surface area (Å²) in [6, 6.07) is 3.89. The van der Waals surface area contributed by atoms with Crippen LogP contribution >= 0.6 is 23.2 Å². The van der Waals surface area contributed by atoms with E-state index in [4.69, 9.17) is 28.3 Å². The minimum absolute atomic E-state index is 0.151. The molecule has 2 heterocycles. The number of halogens is 2. The number of carbonyl (C=O) groups is 1. The van der Waals surface area contributed by atoms with Crippen molar-refractivity contribution in [3.8, 4) is 5.82 Å². The first-order valence-electron chi connectivity index (χ1n) is 7.34. The second-order valence-electron chi connectivity index (χ2n) is 5.22. The molecule has 0 spiro atoms. The Morgan fingerprint density at radius 2 is 2.08 bits per heavy atom. The van der Waals surface area contributed by atoms with E-state index >= 15 is 0 Å². The van der Waals surface area contributed by atoms with Crippen LogP contribution in [0.5, 0.6) is 0 Å². The Hall–Kier alpha value is -2.58. The van der Waals surface area contributed by atoms with Crippen LogP contribution < -0.4 is 10.9 Å². The first kappa shape index (κ1) is 17.2. The Bertz CT molecular complexity index is 1000. The fourth-order valence-corrected chi connectivity index (χ4v) is 3.01. The molecular formula is C15H13Cl2N5O3. The maximum atomic E-state index is 13.1. The highest BCUT2D eigenvalue weighted by Crippen LogP contribution is 2.28. The molecule has 3 aromatic rings. The molecule has 1 atom stereocenters. The number of hydrogen-bond acceptors (Lipinski definition) is 4. The highest BCUT2D eigenvalue weighted by atomic mass is 35.5. The minimum Gasteiger partial charge on any atom is -0.465 e. The number of rotatable bonds is 4. The van der Waals surface area contributed by atoms with Crippen molar-refractivity contribution in [2.45, 2.75) is 19.4 Å². The molecular weight excluding hydrogens is 369 g/mol. The van der Waals surface area contributed by atoms with Crippen LogP contribution in [0.15, 0.2) is 29.2 Å². The third-order valence-electron chi connectivity index (χ3n) is 3.69. The molecule has 2 aromatic heterocycles. The van der Waals surface area contributed by atoms with E-state index in [2.05, 4.69) is 20.5 Å². The predicted molar refractivity (Wildman–Crippen MR) is 93.7 cm³/mol. The quantitative estimate of drug-likeness (QED) is 0.642. The van der Waals surface area contributed by atoms with Crippen molar-refractivity contribution >= 4 is 40.2 Å². The zero-order valence-corrected chi connectivity index (χ0v) is 14.5. The average Bonchev–Trinajstić information content (AvgIpc) is 3.09. The number of hydrogen-bond donors (Lipinski definition) is 3. The van der Waals surface area contributed by atoms with Gasteiger partial charge in [-0.1, -0.05) is 30.1 Å². The van der Waals surface area contributed by atoms with Crippen molar-refractivity contribution < 1.29 is 9.90 Å². The molecule has 10 heteroatoms. The standard InChI is InChI=1S/C15H13Cl2N5O3/c1-2-9(19-15(24)25)13-20-12-8(17)4-3-7(16)11(12)14(23)22(13)10-5-6-18-21-10/h3-6,9,19H,2H2,1H3,(H,18,21)(H,24,25). The van der Waals surface area contributed by atoms with Gasteiger partial charge in [0.15, 0.2) is 0 Å². The van der Waals surface area contributed by atoms with Gasteiger partial charge in [0.1, 0.15) is 11.6 Å². The van der Waals surface area contributed by atoms with Gasteiger partial charge in [-0.15, -0.1) is 0 Å². The summed E-state index contributed by atoms with van der Waals surface area (Å²) in [5.74, 6) is 0.534. The largest absolute Gasteiger partial charge is 0.465 e. The Labute approximate surface area is 151 Å². The lowest BCUT2D eigenvalue weighted by Gasteiger charge is -2.20. The number of nitrogens with one attached hydrogen (secondary N) is 2. The van der Waals surface area contributed by atoms with Crippen molar-refractivity contribution in [2.24, 2.45) is 0 Å². The highest BCUT2D eigenvalue weighted by molar-refractivity contribution is 6.39. The molecule has 0 aliphatic rings. The van der Waals surface area contributed by atoms with E-state index in [9.17, 15) is 9.59 Å². The first-order chi connectivity index (χ1) is 11.9. The van der Waals surface area contributed by atoms with Gasteiger partial charge in [0.2, 0.25) is 0 Å². The average molecular weight is 382 g/mol. The Kier molecular flexibility index (Phi) is 4.65. The molecule has 0 saturated carbocycles. The number of amides is 1. The van der Waals surface area contributed by atoms with Crippen molar-refractivity contribution in [3.63, 3.8) is 0 Å². The van der Waals surface area contributed by atoms with E-state index < -0.39 is 17.7 Å². The van der Waals surface area contributed by atoms with Crippen molar-refractivity contribution in [1.82, 2.24) is 25.1 Å². The summed E-state index contributed by atoms with van der Waals surface area (Å²) in [4.78, 5) is 28.6. The van der Waals surface area contributed by atoms with Gasteiger partial charge >= 0.3 is 6.09 Å². The third kappa shape index (κ3) is 3.06. The molecule has 1 aromatic carbocycles. The summed E-state index contributed by atoms with van der Waals surface area (Å²) in [5.41, 5.74) is -0.252. The maximum absolute atomic E-state index is 13.1. The second kappa shape index (κ2) is 6.73. The second-order valence-corrected chi connectivity index (χ2v) is 6.03. The van der Waals surface area contributed by atoms with Gasteiger partial charge in [-0.2, -0.15) is 5.10 Å². The SMILES string of the molecule is CCC(NC(=O)O)c1nc2c(Cl)ccc(Cl)c2c(=O)n1-c1ccn[nH]1. The Balaban J connectivity index is 2.42. The molecule has 0 bridgehead atoms. The van der Waals surface area contributed by atoms with Crippen LogP contribution in [0.1, 0.15) is 25.2 Å². The molecule has 1 amide bonds. The molecule has 0 aliphatic heterocycles. The Morgan fingerprint density at radius 3 is 2.68 bits per heavy atom. The van der Waals surface area contributed by atoms with Crippen LogP contribution in [0, 0.1) is 0 Å². The van der Waals surface area contributed by atoms with Crippen LogP contribution in [0.3, 0.4) is 0 Å². The van der Waals surface area contributed by atoms with Gasteiger partial charge in [-0.3, -0.25) is 9.89 Å². The number of nitrogens with zero attached hydrogens (tertiary/aromatic N) is 3. The number of benzene rings is 1. The number of fused-ring (bicyclic) bond motifs is 1. The van der Waals surface area contributed by atoms with Gasteiger partial charge in [0, 0.05) is 6.07 Å². The highest BCUT2D eigenvalue weighted by Gasteiger charge is 2.23. The van der Waals surface area contributed by atoms with Crippen LogP contribution in [0.4, 0.5) is 4.79 Å². The van der Waals surface area contributed by atoms with Crippen molar-refractivity contribution in [3.05, 3.63) is 50.6 Å². The molecule has 0 saturated heterocycles. The molecule has 0 aliphatic carbocycles. The molecule has 3 rings (SSSR count). The van der Waals surface area contributed by atoms with Crippen LogP contribution in [0.25, 0.3) is 16.7 Å². The van der Waals surface area contributed by atoms with E-state index in [1.807, 2.05) is 0 Å². The lowest BCUT2D eigenvalue weighted by atomic mass is 10.1.